The number of rotatable bonds is 2. The summed E-state index contributed by atoms with van der Waals surface area (Å²) in [5, 5.41) is 5.98. The Hall–Kier alpha value is -2.44. The summed E-state index contributed by atoms with van der Waals surface area (Å²) < 4.78 is 5.36. The number of amides is 1. The molecular weight excluding hydrogens is 334 g/mol. The SMILES string of the molecule is O=C1COc2ccc(-c3csc(-c4cccnc4Cl)n3)cc2N1. The van der Waals surface area contributed by atoms with Crippen molar-refractivity contribution in [2.24, 2.45) is 0 Å². The average molecular weight is 344 g/mol. The fraction of sp³-hybridized carbons (Fsp3) is 0.0625. The predicted octanol–water partition coefficient (Wildman–Crippen LogP) is 3.86. The molecule has 0 bridgehead atoms. The molecule has 0 fully saturated rings. The molecule has 4 rings (SSSR count). The van der Waals surface area contributed by atoms with Crippen molar-refractivity contribution in [1.82, 2.24) is 9.97 Å². The first kappa shape index (κ1) is 14.2. The van der Waals surface area contributed by atoms with Crippen molar-refractivity contribution < 1.29 is 9.53 Å². The minimum Gasteiger partial charge on any atom is -0.482 e. The second kappa shape index (κ2) is 5.64. The lowest BCUT2D eigenvalue weighted by Gasteiger charge is -2.18. The van der Waals surface area contributed by atoms with E-state index < -0.39 is 0 Å². The second-order valence-electron chi connectivity index (χ2n) is 4.93. The number of thiazole rings is 1. The molecule has 2 aromatic heterocycles. The summed E-state index contributed by atoms with van der Waals surface area (Å²) in [6, 6.07) is 9.32. The van der Waals surface area contributed by atoms with Crippen molar-refractivity contribution >= 4 is 34.5 Å². The number of nitrogens with zero attached hydrogens (tertiary/aromatic N) is 2. The minimum atomic E-state index is -0.157. The molecule has 0 radical (unpaired) electrons. The number of benzene rings is 1. The van der Waals surface area contributed by atoms with Gasteiger partial charge in [0.2, 0.25) is 0 Å². The molecule has 1 amide bonds. The molecule has 1 aromatic carbocycles. The Morgan fingerprint density at radius 3 is 3.09 bits per heavy atom. The number of hydrogen-bond donors (Lipinski definition) is 1. The number of carbonyl (C=O) groups is 1. The van der Waals surface area contributed by atoms with Gasteiger partial charge in [-0.3, -0.25) is 4.79 Å². The van der Waals surface area contributed by atoms with Crippen molar-refractivity contribution in [1.29, 1.82) is 0 Å². The third-order valence-electron chi connectivity index (χ3n) is 3.40. The van der Waals surface area contributed by atoms with Gasteiger partial charge in [0.05, 0.1) is 11.4 Å². The third-order valence-corrected chi connectivity index (χ3v) is 4.58. The van der Waals surface area contributed by atoms with Crippen LogP contribution in [0.2, 0.25) is 5.15 Å². The van der Waals surface area contributed by atoms with Crippen LogP contribution in [0.15, 0.2) is 41.9 Å². The highest BCUT2D eigenvalue weighted by molar-refractivity contribution is 7.13. The highest BCUT2D eigenvalue weighted by atomic mass is 35.5. The molecule has 23 heavy (non-hydrogen) atoms. The Morgan fingerprint density at radius 1 is 1.30 bits per heavy atom. The summed E-state index contributed by atoms with van der Waals surface area (Å²) in [6.45, 7) is 0.0483. The molecule has 114 valence electrons. The van der Waals surface area contributed by atoms with Crippen LogP contribution in [-0.4, -0.2) is 22.5 Å². The molecule has 7 heteroatoms. The van der Waals surface area contributed by atoms with E-state index in [0.717, 1.165) is 21.8 Å². The lowest BCUT2D eigenvalue weighted by atomic mass is 10.1. The Balaban J connectivity index is 1.71. The zero-order chi connectivity index (χ0) is 15.8. The van der Waals surface area contributed by atoms with Gasteiger partial charge in [0.15, 0.2) is 6.61 Å². The molecule has 1 aliphatic rings. The van der Waals surface area contributed by atoms with E-state index in [-0.39, 0.29) is 12.5 Å². The van der Waals surface area contributed by atoms with E-state index in [0.29, 0.717) is 16.6 Å². The Bertz CT molecular complexity index is 910. The summed E-state index contributed by atoms with van der Waals surface area (Å²) in [5.74, 6) is 0.509. The first-order valence-corrected chi connectivity index (χ1v) is 8.10. The van der Waals surface area contributed by atoms with Crippen LogP contribution in [0, 0.1) is 0 Å². The first-order chi connectivity index (χ1) is 11.2. The fourth-order valence-corrected chi connectivity index (χ4v) is 3.44. The lowest BCUT2D eigenvalue weighted by molar-refractivity contribution is -0.118. The van der Waals surface area contributed by atoms with Gasteiger partial charge in [-0.15, -0.1) is 11.3 Å². The van der Waals surface area contributed by atoms with E-state index in [4.69, 9.17) is 16.3 Å². The molecule has 0 spiro atoms. The number of nitrogens with one attached hydrogen (secondary N) is 1. The summed E-state index contributed by atoms with van der Waals surface area (Å²) in [6.07, 6.45) is 1.65. The van der Waals surface area contributed by atoms with Crippen molar-refractivity contribution in [2.75, 3.05) is 11.9 Å². The van der Waals surface area contributed by atoms with Gasteiger partial charge in [0.25, 0.3) is 5.91 Å². The van der Waals surface area contributed by atoms with E-state index >= 15 is 0 Å². The Kier molecular flexibility index (Phi) is 3.48. The first-order valence-electron chi connectivity index (χ1n) is 6.84. The third kappa shape index (κ3) is 2.67. The van der Waals surface area contributed by atoms with Crippen LogP contribution in [0.25, 0.3) is 21.8 Å². The number of anilines is 1. The lowest BCUT2D eigenvalue weighted by Crippen LogP contribution is -2.25. The van der Waals surface area contributed by atoms with Crippen LogP contribution in [0.3, 0.4) is 0 Å². The Morgan fingerprint density at radius 2 is 2.22 bits per heavy atom. The van der Waals surface area contributed by atoms with Crippen LogP contribution >= 0.6 is 22.9 Å². The highest BCUT2D eigenvalue weighted by Gasteiger charge is 2.17. The number of fused-ring (bicyclic) bond motifs is 1. The van der Waals surface area contributed by atoms with E-state index in [9.17, 15) is 4.79 Å². The van der Waals surface area contributed by atoms with E-state index in [1.165, 1.54) is 11.3 Å². The molecular formula is C16H10ClN3O2S. The summed E-state index contributed by atoms with van der Waals surface area (Å²) in [4.78, 5) is 20.1. The molecule has 3 heterocycles. The molecule has 3 aromatic rings. The van der Waals surface area contributed by atoms with Gasteiger partial charge in [0.1, 0.15) is 15.9 Å². The largest absolute Gasteiger partial charge is 0.482 e. The van der Waals surface area contributed by atoms with Gasteiger partial charge < -0.3 is 10.1 Å². The van der Waals surface area contributed by atoms with Crippen LogP contribution in [0.1, 0.15) is 0 Å². The number of pyridine rings is 1. The summed E-state index contributed by atoms with van der Waals surface area (Å²) in [5.41, 5.74) is 3.18. The van der Waals surface area contributed by atoms with Crippen LogP contribution in [0.4, 0.5) is 5.69 Å². The fourth-order valence-electron chi connectivity index (χ4n) is 2.32. The van der Waals surface area contributed by atoms with E-state index in [1.807, 2.05) is 35.7 Å². The van der Waals surface area contributed by atoms with Crippen LogP contribution < -0.4 is 10.1 Å². The van der Waals surface area contributed by atoms with Gasteiger partial charge in [-0.25, -0.2) is 9.97 Å². The molecule has 1 N–H and O–H groups in total. The average Bonchev–Trinajstić information content (AvgIpc) is 3.04. The second-order valence-corrected chi connectivity index (χ2v) is 6.14. The maximum Gasteiger partial charge on any atom is 0.262 e. The maximum absolute atomic E-state index is 11.4. The quantitative estimate of drug-likeness (QED) is 0.718. The van der Waals surface area contributed by atoms with Gasteiger partial charge >= 0.3 is 0 Å². The number of ether oxygens (including phenoxy) is 1. The summed E-state index contributed by atoms with van der Waals surface area (Å²) >= 11 is 7.61. The predicted molar refractivity (Wildman–Crippen MR) is 89.9 cm³/mol. The number of halogens is 1. The monoisotopic (exact) mass is 343 g/mol. The Labute approximate surface area is 140 Å². The standard InChI is InChI=1S/C16H10ClN3O2S/c17-15-10(2-1-5-18-15)16-20-12(8-23-16)9-3-4-13-11(6-9)19-14(21)7-22-13/h1-6,8H,7H2,(H,19,21). The van der Waals surface area contributed by atoms with E-state index in [1.54, 1.807) is 6.20 Å². The van der Waals surface area contributed by atoms with Gasteiger partial charge in [-0.05, 0) is 30.3 Å². The smallest absolute Gasteiger partial charge is 0.262 e. The van der Waals surface area contributed by atoms with Gasteiger partial charge in [-0.1, -0.05) is 11.6 Å². The van der Waals surface area contributed by atoms with Crippen LogP contribution in [0.5, 0.6) is 5.75 Å². The molecule has 0 aliphatic carbocycles. The van der Waals surface area contributed by atoms with Crippen molar-refractivity contribution in [3.63, 3.8) is 0 Å². The molecule has 1 aliphatic heterocycles. The van der Waals surface area contributed by atoms with Crippen LogP contribution in [-0.2, 0) is 4.79 Å². The number of carbonyl (C=O) groups excluding carboxylic acids is 1. The highest BCUT2D eigenvalue weighted by Crippen LogP contribution is 2.35. The molecule has 0 atom stereocenters. The summed E-state index contributed by atoms with van der Waals surface area (Å²) in [7, 11) is 0. The minimum absolute atomic E-state index is 0.0483. The zero-order valence-corrected chi connectivity index (χ0v) is 13.3. The molecule has 0 unspecified atom stereocenters. The van der Waals surface area contributed by atoms with Crippen molar-refractivity contribution in [2.45, 2.75) is 0 Å². The maximum atomic E-state index is 11.4. The van der Waals surface area contributed by atoms with E-state index in [2.05, 4.69) is 15.3 Å². The molecule has 0 saturated carbocycles. The number of hydrogen-bond acceptors (Lipinski definition) is 5. The van der Waals surface area contributed by atoms with Crippen molar-refractivity contribution in [3.8, 4) is 27.6 Å². The topological polar surface area (TPSA) is 64.1 Å². The number of aromatic nitrogens is 2. The molecule has 5 nitrogen and oxygen atoms in total. The normalized spacial score (nSPS) is 13.2. The van der Waals surface area contributed by atoms with Gasteiger partial charge in [-0.2, -0.15) is 0 Å². The van der Waals surface area contributed by atoms with Crippen molar-refractivity contribution in [3.05, 3.63) is 47.1 Å². The molecule has 0 saturated heterocycles. The van der Waals surface area contributed by atoms with Gasteiger partial charge in [0, 0.05) is 22.7 Å². The zero-order valence-electron chi connectivity index (χ0n) is 11.7.